The smallest absolute Gasteiger partial charge is 0.225 e. The zero-order valence-corrected chi connectivity index (χ0v) is 17.2. The molecule has 7 heteroatoms. The molecular weight excluding hydrogens is 354 g/mol. The van der Waals surface area contributed by atoms with Crippen LogP contribution < -0.4 is 15.0 Å². The van der Waals surface area contributed by atoms with E-state index in [1.807, 2.05) is 38.1 Å². The van der Waals surface area contributed by atoms with E-state index in [0.29, 0.717) is 12.8 Å². The van der Waals surface area contributed by atoms with Crippen LogP contribution in [0.2, 0.25) is 0 Å². The van der Waals surface area contributed by atoms with E-state index >= 15 is 0 Å². The summed E-state index contributed by atoms with van der Waals surface area (Å²) in [5.41, 5.74) is 3.43. The Labute approximate surface area is 166 Å². The van der Waals surface area contributed by atoms with Crippen molar-refractivity contribution in [2.24, 2.45) is 0 Å². The number of aromatic nitrogens is 2. The van der Waals surface area contributed by atoms with Gasteiger partial charge in [0.25, 0.3) is 0 Å². The van der Waals surface area contributed by atoms with Gasteiger partial charge in [-0.15, -0.1) is 0 Å². The number of nitrogens with one attached hydrogen (secondary N) is 1. The highest BCUT2D eigenvalue weighted by molar-refractivity contribution is 5.92. The molecule has 0 saturated carbocycles. The number of carbonyl (C=O) groups excluding carboxylic acids is 1. The summed E-state index contributed by atoms with van der Waals surface area (Å²) >= 11 is 0. The first-order chi connectivity index (χ1) is 13.5. The van der Waals surface area contributed by atoms with Crippen molar-refractivity contribution in [3.05, 3.63) is 41.2 Å². The van der Waals surface area contributed by atoms with E-state index in [-0.39, 0.29) is 5.91 Å². The predicted molar refractivity (Wildman–Crippen MR) is 111 cm³/mol. The van der Waals surface area contributed by atoms with Crippen LogP contribution in [0.4, 0.5) is 11.6 Å². The molecule has 1 aliphatic heterocycles. The number of hydrogen-bond acceptors (Lipinski definition) is 6. The molecule has 3 rings (SSSR count). The van der Waals surface area contributed by atoms with Crippen molar-refractivity contribution in [3.8, 4) is 5.75 Å². The lowest BCUT2D eigenvalue weighted by Crippen LogP contribution is -2.45. The van der Waals surface area contributed by atoms with Gasteiger partial charge < -0.3 is 19.9 Å². The van der Waals surface area contributed by atoms with Crippen LogP contribution in [0, 0.1) is 13.8 Å². The highest BCUT2D eigenvalue weighted by atomic mass is 16.5. The number of methoxy groups -OCH3 is 1. The van der Waals surface area contributed by atoms with E-state index in [4.69, 9.17) is 4.74 Å². The van der Waals surface area contributed by atoms with Crippen LogP contribution in [0.5, 0.6) is 5.75 Å². The van der Waals surface area contributed by atoms with Crippen molar-refractivity contribution in [2.45, 2.75) is 26.7 Å². The molecule has 1 aromatic carbocycles. The van der Waals surface area contributed by atoms with Gasteiger partial charge in [0.05, 0.1) is 24.2 Å². The summed E-state index contributed by atoms with van der Waals surface area (Å²) < 4.78 is 5.16. The van der Waals surface area contributed by atoms with Crippen LogP contribution >= 0.6 is 0 Å². The van der Waals surface area contributed by atoms with Crippen molar-refractivity contribution in [3.63, 3.8) is 0 Å². The van der Waals surface area contributed by atoms with Crippen LogP contribution in [0.3, 0.4) is 0 Å². The fourth-order valence-electron chi connectivity index (χ4n) is 3.28. The Balaban J connectivity index is 1.60. The van der Waals surface area contributed by atoms with Gasteiger partial charge in [-0.3, -0.25) is 4.79 Å². The highest BCUT2D eigenvalue weighted by Gasteiger charge is 2.19. The summed E-state index contributed by atoms with van der Waals surface area (Å²) in [5, 5.41) is 2.99. The summed E-state index contributed by atoms with van der Waals surface area (Å²) in [6.07, 6.45) is 1.08. The average Bonchev–Trinajstić information content (AvgIpc) is 2.70. The normalized spacial score (nSPS) is 14.8. The second-order valence-electron chi connectivity index (χ2n) is 7.26. The minimum absolute atomic E-state index is 0.0297. The number of rotatable bonds is 6. The molecular formula is C21H29N5O2. The lowest BCUT2D eigenvalue weighted by molar-refractivity contribution is -0.116. The molecule has 0 radical (unpaired) electrons. The molecule has 1 aromatic heterocycles. The molecule has 2 aromatic rings. The van der Waals surface area contributed by atoms with E-state index < -0.39 is 0 Å². The Morgan fingerprint density at radius 2 is 1.68 bits per heavy atom. The number of nitrogens with zero attached hydrogens (tertiary/aromatic N) is 4. The molecule has 1 aliphatic rings. The minimum Gasteiger partial charge on any atom is -0.497 e. The second kappa shape index (κ2) is 9.01. The van der Waals surface area contributed by atoms with Crippen LogP contribution in [0.25, 0.3) is 0 Å². The summed E-state index contributed by atoms with van der Waals surface area (Å²) in [7, 11) is 3.77. The number of aryl methyl sites for hydroxylation is 3. The van der Waals surface area contributed by atoms with Crippen molar-refractivity contribution >= 4 is 17.5 Å². The van der Waals surface area contributed by atoms with E-state index in [2.05, 4.69) is 32.1 Å². The van der Waals surface area contributed by atoms with Gasteiger partial charge in [-0.1, -0.05) is 12.1 Å². The number of ether oxygens (including phenoxy) is 1. The molecule has 7 nitrogen and oxygen atoms in total. The molecule has 0 spiro atoms. The van der Waals surface area contributed by atoms with Gasteiger partial charge in [0.2, 0.25) is 11.9 Å². The zero-order valence-electron chi connectivity index (χ0n) is 17.2. The van der Waals surface area contributed by atoms with Crippen molar-refractivity contribution in [2.75, 3.05) is 50.6 Å². The Morgan fingerprint density at radius 3 is 2.25 bits per heavy atom. The maximum absolute atomic E-state index is 12.4. The molecule has 0 aliphatic carbocycles. The number of likely N-dealkylation sites (N-methyl/N-ethyl adjacent to an activating group) is 1. The summed E-state index contributed by atoms with van der Waals surface area (Å²) in [6, 6.07) is 7.78. The van der Waals surface area contributed by atoms with Crippen LogP contribution in [-0.2, 0) is 11.2 Å². The number of piperazine rings is 1. The third-order valence-electron chi connectivity index (χ3n) is 5.11. The third kappa shape index (κ3) is 4.98. The molecule has 0 unspecified atom stereocenters. The number of anilines is 2. The predicted octanol–water partition coefficient (Wildman–Crippen LogP) is 2.43. The first-order valence-electron chi connectivity index (χ1n) is 9.68. The first-order valence-corrected chi connectivity index (χ1v) is 9.68. The summed E-state index contributed by atoms with van der Waals surface area (Å²) in [4.78, 5) is 26.2. The van der Waals surface area contributed by atoms with Crippen molar-refractivity contribution in [1.29, 1.82) is 0 Å². The molecule has 0 atom stereocenters. The number of hydrogen-bond donors (Lipinski definition) is 1. The van der Waals surface area contributed by atoms with Crippen LogP contribution in [-0.4, -0.2) is 61.1 Å². The molecule has 1 amide bonds. The van der Waals surface area contributed by atoms with E-state index in [1.165, 1.54) is 0 Å². The van der Waals surface area contributed by atoms with Gasteiger partial charge in [-0.2, -0.15) is 0 Å². The van der Waals surface area contributed by atoms with Crippen molar-refractivity contribution in [1.82, 2.24) is 14.9 Å². The SMILES string of the molecule is COc1ccc(CCC(=O)Nc2c(C)nc(N3CCN(C)CC3)nc2C)cc1. The number of benzene rings is 1. The van der Waals surface area contributed by atoms with Gasteiger partial charge in [0.1, 0.15) is 5.75 Å². The Morgan fingerprint density at radius 1 is 1.07 bits per heavy atom. The largest absolute Gasteiger partial charge is 0.497 e. The fourth-order valence-corrected chi connectivity index (χ4v) is 3.28. The van der Waals surface area contributed by atoms with Gasteiger partial charge in [-0.25, -0.2) is 9.97 Å². The van der Waals surface area contributed by atoms with Gasteiger partial charge in [-0.05, 0) is 45.0 Å². The van der Waals surface area contributed by atoms with Crippen LogP contribution in [0.15, 0.2) is 24.3 Å². The van der Waals surface area contributed by atoms with E-state index in [9.17, 15) is 4.79 Å². The quantitative estimate of drug-likeness (QED) is 0.826. The zero-order chi connectivity index (χ0) is 20.1. The molecule has 150 valence electrons. The number of amides is 1. The molecule has 2 heterocycles. The Kier molecular flexibility index (Phi) is 6.46. The molecule has 1 fully saturated rings. The van der Waals surface area contributed by atoms with Crippen molar-refractivity contribution < 1.29 is 9.53 Å². The topological polar surface area (TPSA) is 70.6 Å². The Bertz CT molecular complexity index is 791. The standard InChI is InChI=1S/C21H29N5O2/c1-15-20(16(2)23-21(22-15)26-13-11-25(3)12-14-26)24-19(27)10-7-17-5-8-18(28-4)9-6-17/h5-6,8-9H,7,10-14H2,1-4H3,(H,24,27). The van der Waals surface area contributed by atoms with Crippen LogP contribution in [0.1, 0.15) is 23.4 Å². The molecule has 0 bridgehead atoms. The Hall–Kier alpha value is -2.67. The second-order valence-corrected chi connectivity index (χ2v) is 7.26. The lowest BCUT2D eigenvalue weighted by atomic mass is 10.1. The minimum atomic E-state index is -0.0297. The first kappa shape index (κ1) is 20.1. The summed E-state index contributed by atoms with van der Waals surface area (Å²) in [5.74, 6) is 1.54. The lowest BCUT2D eigenvalue weighted by Gasteiger charge is -2.32. The molecule has 1 N–H and O–H groups in total. The van der Waals surface area contributed by atoms with Gasteiger partial charge >= 0.3 is 0 Å². The van der Waals surface area contributed by atoms with Gasteiger partial charge in [0, 0.05) is 32.6 Å². The maximum atomic E-state index is 12.4. The third-order valence-corrected chi connectivity index (χ3v) is 5.11. The molecule has 28 heavy (non-hydrogen) atoms. The monoisotopic (exact) mass is 383 g/mol. The maximum Gasteiger partial charge on any atom is 0.225 e. The molecule has 1 saturated heterocycles. The average molecular weight is 383 g/mol. The fraction of sp³-hybridized carbons (Fsp3) is 0.476. The summed E-state index contributed by atoms with van der Waals surface area (Å²) in [6.45, 7) is 7.70. The van der Waals surface area contributed by atoms with E-state index in [1.54, 1.807) is 7.11 Å². The number of carbonyl (C=O) groups is 1. The van der Waals surface area contributed by atoms with E-state index in [0.717, 1.165) is 60.5 Å². The van der Waals surface area contributed by atoms with Gasteiger partial charge in [0.15, 0.2) is 0 Å². The highest BCUT2D eigenvalue weighted by Crippen LogP contribution is 2.22.